The summed E-state index contributed by atoms with van der Waals surface area (Å²) in [6.07, 6.45) is -4.53. The van der Waals surface area contributed by atoms with E-state index in [0.29, 0.717) is 10.8 Å². The van der Waals surface area contributed by atoms with Gasteiger partial charge in [-0.3, -0.25) is 20.4 Å². The molecular formula is C20H20Cl2F3N3O3. The van der Waals surface area contributed by atoms with Crippen molar-refractivity contribution in [3.63, 3.8) is 0 Å². The van der Waals surface area contributed by atoms with E-state index in [1.807, 2.05) is 0 Å². The second kappa shape index (κ2) is 10.6. The van der Waals surface area contributed by atoms with E-state index in [1.165, 1.54) is 0 Å². The molecule has 11 heteroatoms. The largest absolute Gasteiger partial charge is 0.482 e. The molecule has 0 heterocycles. The summed E-state index contributed by atoms with van der Waals surface area (Å²) in [5.74, 6) is -1.22. The van der Waals surface area contributed by atoms with Gasteiger partial charge < -0.3 is 10.1 Å². The van der Waals surface area contributed by atoms with Crippen LogP contribution in [0.25, 0.3) is 0 Å². The Labute approximate surface area is 187 Å². The number of carbonyl (C=O) groups is 2. The fourth-order valence-corrected chi connectivity index (χ4v) is 2.89. The second-order valence-corrected chi connectivity index (χ2v) is 7.63. The highest BCUT2D eigenvalue weighted by Crippen LogP contribution is 2.34. The number of halogens is 5. The van der Waals surface area contributed by atoms with E-state index in [4.69, 9.17) is 27.9 Å². The maximum absolute atomic E-state index is 12.8. The first-order chi connectivity index (χ1) is 14.5. The van der Waals surface area contributed by atoms with Crippen LogP contribution >= 0.6 is 23.2 Å². The highest BCUT2D eigenvalue weighted by molar-refractivity contribution is 6.33. The minimum Gasteiger partial charge on any atom is -0.482 e. The van der Waals surface area contributed by atoms with E-state index in [2.05, 4.69) is 16.2 Å². The zero-order valence-corrected chi connectivity index (χ0v) is 18.0. The normalized spacial score (nSPS) is 12.3. The Hall–Kier alpha value is -2.65. The number of hydrogen-bond donors (Lipinski definition) is 3. The molecule has 6 nitrogen and oxygen atoms in total. The van der Waals surface area contributed by atoms with Crippen molar-refractivity contribution in [1.82, 2.24) is 10.9 Å². The van der Waals surface area contributed by atoms with Crippen molar-refractivity contribution in [2.75, 3.05) is 11.9 Å². The van der Waals surface area contributed by atoms with Crippen LogP contribution < -0.4 is 20.9 Å². The van der Waals surface area contributed by atoms with Crippen LogP contribution in [-0.2, 0) is 15.8 Å². The fraction of sp³-hybridized carbons (Fsp3) is 0.300. The summed E-state index contributed by atoms with van der Waals surface area (Å²) in [5.41, 5.74) is 3.71. The number of alkyl halides is 3. The summed E-state index contributed by atoms with van der Waals surface area (Å²) in [7, 11) is 0. The van der Waals surface area contributed by atoms with Gasteiger partial charge in [0.15, 0.2) is 6.61 Å². The molecule has 168 valence electrons. The van der Waals surface area contributed by atoms with Gasteiger partial charge in [-0.25, -0.2) is 0 Å². The molecule has 31 heavy (non-hydrogen) atoms. The van der Waals surface area contributed by atoms with Gasteiger partial charge in [0, 0.05) is 0 Å². The van der Waals surface area contributed by atoms with E-state index in [0.717, 1.165) is 18.2 Å². The zero-order valence-electron chi connectivity index (χ0n) is 16.5. The Morgan fingerprint density at radius 2 is 1.71 bits per heavy atom. The monoisotopic (exact) mass is 477 g/mol. The quantitative estimate of drug-likeness (QED) is 0.506. The summed E-state index contributed by atoms with van der Waals surface area (Å²) < 4.78 is 43.6. The van der Waals surface area contributed by atoms with Gasteiger partial charge in [-0.15, -0.1) is 0 Å². The van der Waals surface area contributed by atoms with Crippen molar-refractivity contribution in [3.05, 3.63) is 58.1 Å². The van der Waals surface area contributed by atoms with Gasteiger partial charge in [0.2, 0.25) is 0 Å². The van der Waals surface area contributed by atoms with E-state index in [1.54, 1.807) is 38.1 Å². The zero-order chi connectivity index (χ0) is 23.2. The third-order valence-electron chi connectivity index (χ3n) is 4.08. The molecule has 0 fully saturated rings. The van der Waals surface area contributed by atoms with Gasteiger partial charge in [-0.05, 0) is 36.2 Å². The van der Waals surface area contributed by atoms with Crippen LogP contribution in [0, 0.1) is 5.92 Å². The van der Waals surface area contributed by atoms with Gasteiger partial charge in [0.25, 0.3) is 11.8 Å². The van der Waals surface area contributed by atoms with Crippen molar-refractivity contribution in [1.29, 1.82) is 0 Å². The molecule has 2 aromatic carbocycles. The summed E-state index contributed by atoms with van der Waals surface area (Å²) in [6, 6.07) is 8.46. The smallest absolute Gasteiger partial charge is 0.416 e. The van der Waals surface area contributed by atoms with Crippen LogP contribution in [0.15, 0.2) is 42.5 Å². The van der Waals surface area contributed by atoms with Crippen LogP contribution in [0.3, 0.4) is 0 Å². The molecule has 3 N–H and O–H groups in total. The molecular weight excluding hydrogens is 458 g/mol. The van der Waals surface area contributed by atoms with Crippen molar-refractivity contribution in [2.45, 2.75) is 26.1 Å². The van der Waals surface area contributed by atoms with Crippen molar-refractivity contribution in [3.8, 4) is 5.75 Å². The molecule has 0 aliphatic heterocycles. The SMILES string of the molecule is CC(C)[C@H](Nc1ccc(C(F)(F)F)cc1Cl)C(=O)NNC(=O)COc1ccccc1Cl. The molecule has 1 atom stereocenters. The number of para-hydroxylation sites is 1. The van der Waals surface area contributed by atoms with Gasteiger partial charge in [-0.1, -0.05) is 49.2 Å². The Bertz CT molecular complexity index is 939. The number of rotatable bonds is 7. The lowest BCUT2D eigenvalue weighted by atomic mass is 10.0. The third-order valence-corrected chi connectivity index (χ3v) is 4.70. The Balaban J connectivity index is 1.95. The number of benzene rings is 2. The molecule has 0 unspecified atom stereocenters. The standard InChI is InChI=1S/C20H20Cl2F3N3O3/c1-11(2)18(26-15-8-7-12(9-14(15)22)20(23,24)25)19(30)28-27-17(29)10-31-16-6-4-3-5-13(16)21/h3-9,11,18,26H,10H2,1-2H3,(H,27,29)(H,28,30)/t18-/m0/s1. The van der Waals surface area contributed by atoms with E-state index in [-0.39, 0.29) is 16.6 Å². The average molecular weight is 478 g/mol. The molecule has 2 rings (SSSR count). The van der Waals surface area contributed by atoms with Gasteiger partial charge in [0.1, 0.15) is 11.8 Å². The van der Waals surface area contributed by atoms with Crippen LogP contribution in [0.2, 0.25) is 10.0 Å². The number of carbonyl (C=O) groups excluding carboxylic acids is 2. The topological polar surface area (TPSA) is 79.5 Å². The number of hydrazine groups is 1. The molecule has 0 bridgehead atoms. The van der Waals surface area contributed by atoms with Crippen LogP contribution in [-0.4, -0.2) is 24.5 Å². The molecule has 0 radical (unpaired) electrons. The molecule has 0 aliphatic carbocycles. The predicted molar refractivity (Wildman–Crippen MR) is 112 cm³/mol. The lowest BCUT2D eigenvalue weighted by molar-refractivity contribution is -0.137. The Morgan fingerprint density at radius 1 is 1.03 bits per heavy atom. The van der Waals surface area contributed by atoms with Crippen molar-refractivity contribution in [2.24, 2.45) is 5.92 Å². The number of nitrogens with one attached hydrogen (secondary N) is 3. The summed E-state index contributed by atoms with van der Waals surface area (Å²) in [4.78, 5) is 24.4. The molecule has 0 aromatic heterocycles. The summed E-state index contributed by atoms with van der Waals surface area (Å²) >= 11 is 11.9. The maximum Gasteiger partial charge on any atom is 0.416 e. The van der Waals surface area contributed by atoms with E-state index >= 15 is 0 Å². The highest BCUT2D eigenvalue weighted by atomic mass is 35.5. The predicted octanol–water partition coefficient (Wildman–Crippen LogP) is 4.68. The molecule has 0 saturated carbocycles. The minimum atomic E-state index is -4.53. The number of amides is 2. The fourth-order valence-electron chi connectivity index (χ4n) is 2.46. The molecule has 0 aliphatic rings. The number of anilines is 1. The first-order valence-corrected chi connectivity index (χ1v) is 9.84. The first kappa shape index (κ1) is 24.6. The van der Waals surface area contributed by atoms with Gasteiger partial charge >= 0.3 is 6.18 Å². The first-order valence-electron chi connectivity index (χ1n) is 9.08. The molecule has 0 spiro atoms. The minimum absolute atomic E-state index is 0.150. The average Bonchev–Trinajstić information content (AvgIpc) is 2.69. The summed E-state index contributed by atoms with van der Waals surface area (Å²) in [5, 5.41) is 2.94. The number of ether oxygens (including phenoxy) is 1. The van der Waals surface area contributed by atoms with Crippen LogP contribution in [0.4, 0.5) is 18.9 Å². The van der Waals surface area contributed by atoms with E-state index < -0.39 is 36.2 Å². The highest BCUT2D eigenvalue weighted by Gasteiger charge is 2.31. The van der Waals surface area contributed by atoms with Gasteiger partial charge in [-0.2, -0.15) is 13.2 Å². The molecule has 2 aromatic rings. The summed E-state index contributed by atoms with van der Waals surface area (Å²) in [6.45, 7) is 3.05. The Kier molecular flexibility index (Phi) is 8.41. The van der Waals surface area contributed by atoms with E-state index in [9.17, 15) is 22.8 Å². The lowest BCUT2D eigenvalue weighted by Crippen LogP contribution is -2.51. The number of hydrogen-bond acceptors (Lipinski definition) is 4. The van der Waals surface area contributed by atoms with Crippen molar-refractivity contribution >= 4 is 40.7 Å². The van der Waals surface area contributed by atoms with Crippen LogP contribution in [0.5, 0.6) is 5.75 Å². The Morgan fingerprint density at radius 3 is 2.29 bits per heavy atom. The molecule has 0 saturated heterocycles. The second-order valence-electron chi connectivity index (χ2n) is 6.81. The van der Waals surface area contributed by atoms with Gasteiger partial charge in [0.05, 0.1) is 21.3 Å². The molecule has 2 amide bonds. The van der Waals surface area contributed by atoms with Crippen molar-refractivity contribution < 1.29 is 27.5 Å². The maximum atomic E-state index is 12.8. The lowest BCUT2D eigenvalue weighted by Gasteiger charge is -2.23. The van der Waals surface area contributed by atoms with Crippen LogP contribution in [0.1, 0.15) is 19.4 Å². The third kappa shape index (κ3) is 7.22.